The van der Waals surface area contributed by atoms with E-state index in [-0.39, 0.29) is 11.3 Å². The number of esters is 1. The molecule has 1 heterocycles. The number of carbonyl (C=O) groups is 1. The largest absolute Gasteiger partial charge is 0.465 e. The van der Waals surface area contributed by atoms with E-state index in [2.05, 4.69) is 19.9 Å². The number of aromatic nitrogens is 3. The molecular weight excluding hydrogens is 324 g/mol. The normalized spacial score (nSPS) is 10.5. The summed E-state index contributed by atoms with van der Waals surface area (Å²) in [5.74, 6) is 0.650. The number of rotatable bonds is 4. The topological polar surface area (TPSA) is 111 Å². The molecule has 0 amide bonds. The number of ether oxygens (including phenoxy) is 1. The summed E-state index contributed by atoms with van der Waals surface area (Å²) in [5, 5.41) is 18.0. The highest BCUT2D eigenvalue weighted by Gasteiger charge is 2.16. The number of H-pyrrole nitrogens is 1. The molecule has 0 aliphatic carbocycles. The first-order valence-corrected chi connectivity index (χ1v) is 7.35. The standard InChI is InChI=1S/C17H14N4O4/c1-10-18-16(20-19-10)12-5-3-11(4-6-12)13-7-14(17(22)25-2)9-15(8-13)21(23)24/h3-9H,1-2H3,(H,18,19,20). The van der Waals surface area contributed by atoms with Crippen LogP contribution < -0.4 is 0 Å². The molecule has 0 atom stereocenters. The van der Waals surface area contributed by atoms with Crippen LogP contribution in [0.25, 0.3) is 22.5 Å². The lowest BCUT2D eigenvalue weighted by Gasteiger charge is -2.06. The van der Waals surface area contributed by atoms with Crippen molar-refractivity contribution in [3.8, 4) is 22.5 Å². The van der Waals surface area contributed by atoms with E-state index in [4.69, 9.17) is 0 Å². The third-order valence-electron chi connectivity index (χ3n) is 3.62. The van der Waals surface area contributed by atoms with Crippen LogP contribution in [0.5, 0.6) is 0 Å². The number of hydrogen-bond acceptors (Lipinski definition) is 6. The number of non-ortho nitro benzene ring substituents is 1. The number of methoxy groups -OCH3 is 1. The molecule has 0 bridgehead atoms. The first kappa shape index (κ1) is 16.3. The summed E-state index contributed by atoms with van der Waals surface area (Å²) < 4.78 is 4.66. The van der Waals surface area contributed by atoms with Crippen LogP contribution in [0.2, 0.25) is 0 Å². The Labute approximate surface area is 142 Å². The van der Waals surface area contributed by atoms with E-state index < -0.39 is 10.9 Å². The monoisotopic (exact) mass is 338 g/mol. The minimum atomic E-state index is -0.627. The zero-order chi connectivity index (χ0) is 18.0. The highest BCUT2D eigenvalue weighted by molar-refractivity contribution is 5.92. The van der Waals surface area contributed by atoms with E-state index in [0.29, 0.717) is 17.2 Å². The Morgan fingerprint density at radius 2 is 1.80 bits per heavy atom. The summed E-state index contributed by atoms with van der Waals surface area (Å²) >= 11 is 0. The zero-order valence-corrected chi connectivity index (χ0v) is 13.5. The van der Waals surface area contributed by atoms with Gasteiger partial charge in [0.1, 0.15) is 5.82 Å². The number of nitro benzene ring substituents is 1. The maximum absolute atomic E-state index is 11.7. The second-order valence-corrected chi connectivity index (χ2v) is 5.34. The van der Waals surface area contributed by atoms with Crippen LogP contribution >= 0.6 is 0 Å². The fourth-order valence-electron chi connectivity index (χ4n) is 2.40. The summed E-state index contributed by atoms with van der Waals surface area (Å²) in [6, 6.07) is 11.4. The smallest absolute Gasteiger partial charge is 0.338 e. The lowest BCUT2D eigenvalue weighted by molar-refractivity contribution is -0.384. The molecule has 0 aliphatic heterocycles. The van der Waals surface area contributed by atoms with Crippen LogP contribution in [-0.2, 0) is 4.74 Å². The fourth-order valence-corrected chi connectivity index (χ4v) is 2.40. The van der Waals surface area contributed by atoms with Gasteiger partial charge in [0.2, 0.25) is 0 Å². The molecule has 0 fully saturated rings. The maximum Gasteiger partial charge on any atom is 0.338 e. The number of nitrogens with zero attached hydrogens (tertiary/aromatic N) is 3. The average molecular weight is 338 g/mol. The maximum atomic E-state index is 11.7. The molecule has 0 radical (unpaired) electrons. The highest BCUT2D eigenvalue weighted by atomic mass is 16.6. The zero-order valence-electron chi connectivity index (χ0n) is 13.5. The van der Waals surface area contributed by atoms with Crippen LogP contribution in [0.4, 0.5) is 5.69 Å². The molecule has 3 aromatic rings. The number of nitrogens with one attached hydrogen (secondary N) is 1. The summed E-state index contributed by atoms with van der Waals surface area (Å²) in [6.45, 7) is 1.81. The SMILES string of the molecule is COC(=O)c1cc(-c2ccc(-c3n[nH]c(C)n3)cc2)cc([N+](=O)[O-])c1. The average Bonchev–Trinajstić information content (AvgIpc) is 3.07. The second-order valence-electron chi connectivity index (χ2n) is 5.34. The summed E-state index contributed by atoms with van der Waals surface area (Å²) in [5.41, 5.74) is 2.04. The molecule has 25 heavy (non-hydrogen) atoms. The summed E-state index contributed by atoms with van der Waals surface area (Å²) in [6.07, 6.45) is 0. The number of aryl methyl sites for hydroxylation is 1. The molecule has 3 rings (SSSR count). The first-order valence-electron chi connectivity index (χ1n) is 7.35. The van der Waals surface area contributed by atoms with Gasteiger partial charge in [-0.25, -0.2) is 9.78 Å². The van der Waals surface area contributed by atoms with Gasteiger partial charge >= 0.3 is 5.97 Å². The fraction of sp³-hybridized carbons (Fsp3) is 0.118. The third-order valence-corrected chi connectivity index (χ3v) is 3.62. The molecule has 0 aliphatic rings. The Hall–Kier alpha value is -3.55. The van der Waals surface area contributed by atoms with Gasteiger partial charge in [-0.15, -0.1) is 0 Å². The van der Waals surface area contributed by atoms with Gasteiger partial charge in [-0.05, 0) is 24.1 Å². The van der Waals surface area contributed by atoms with Crippen molar-refractivity contribution in [2.24, 2.45) is 0 Å². The van der Waals surface area contributed by atoms with Gasteiger partial charge in [0, 0.05) is 17.7 Å². The van der Waals surface area contributed by atoms with Gasteiger partial charge in [-0.3, -0.25) is 15.2 Å². The van der Waals surface area contributed by atoms with E-state index in [1.54, 1.807) is 18.2 Å². The van der Waals surface area contributed by atoms with Gasteiger partial charge in [0.15, 0.2) is 5.82 Å². The number of aromatic amines is 1. The molecule has 8 nitrogen and oxygen atoms in total. The molecule has 0 saturated carbocycles. The Morgan fingerprint density at radius 1 is 1.12 bits per heavy atom. The Kier molecular flexibility index (Phi) is 4.25. The Balaban J connectivity index is 2.01. The number of carbonyl (C=O) groups excluding carboxylic acids is 1. The van der Waals surface area contributed by atoms with Crippen molar-refractivity contribution < 1.29 is 14.5 Å². The van der Waals surface area contributed by atoms with E-state index in [1.165, 1.54) is 19.2 Å². The van der Waals surface area contributed by atoms with Crippen molar-refractivity contribution in [1.29, 1.82) is 0 Å². The van der Waals surface area contributed by atoms with Crippen molar-refractivity contribution in [1.82, 2.24) is 15.2 Å². The number of benzene rings is 2. The Bertz CT molecular complexity index is 948. The number of hydrogen-bond donors (Lipinski definition) is 1. The number of nitro groups is 1. The van der Waals surface area contributed by atoms with Crippen molar-refractivity contribution in [2.75, 3.05) is 7.11 Å². The second kappa shape index (κ2) is 6.52. The highest BCUT2D eigenvalue weighted by Crippen LogP contribution is 2.28. The minimum absolute atomic E-state index is 0.125. The van der Waals surface area contributed by atoms with E-state index in [9.17, 15) is 14.9 Å². The quantitative estimate of drug-likeness (QED) is 0.444. The molecule has 126 valence electrons. The summed E-state index contributed by atoms with van der Waals surface area (Å²) in [7, 11) is 1.23. The van der Waals surface area contributed by atoms with Crippen LogP contribution in [0.15, 0.2) is 42.5 Å². The molecule has 1 aromatic heterocycles. The van der Waals surface area contributed by atoms with E-state index >= 15 is 0 Å². The molecule has 0 unspecified atom stereocenters. The molecule has 8 heteroatoms. The van der Waals surface area contributed by atoms with E-state index in [1.807, 2.05) is 19.1 Å². The lowest BCUT2D eigenvalue weighted by Crippen LogP contribution is -2.02. The van der Waals surface area contributed by atoms with Crippen LogP contribution in [-0.4, -0.2) is 33.2 Å². The van der Waals surface area contributed by atoms with Crippen molar-refractivity contribution in [3.63, 3.8) is 0 Å². The minimum Gasteiger partial charge on any atom is -0.465 e. The van der Waals surface area contributed by atoms with Crippen molar-refractivity contribution in [2.45, 2.75) is 6.92 Å². The lowest BCUT2D eigenvalue weighted by atomic mass is 10.0. The van der Waals surface area contributed by atoms with Crippen molar-refractivity contribution in [3.05, 3.63) is 64.0 Å². The van der Waals surface area contributed by atoms with Gasteiger partial charge < -0.3 is 4.74 Å². The van der Waals surface area contributed by atoms with Gasteiger partial charge in [0.05, 0.1) is 17.6 Å². The van der Waals surface area contributed by atoms with Crippen LogP contribution in [0.1, 0.15) is 16.2 Å². The molecule has 0 saturated heterocycles. The summed E-state index contributed by atoms with van der Waals surface area (Å²) in [4.78, 5) is 26.6. The van der Waals surface area contributed by atoms with Gasteiger partial charge in [-0.1, -0.05) is 24.3 Å². The van der Waals surface area contributed by atoms with Gasteiger partial charge in [-0.2, -0.15) is 5.10 Å². The molecule has 1 N–H and O–H groups in total. The first-order chi connectivity index (χ1) is 12.0. The molecule has 2 aromatic carbocycles. The predicted octanol–water partition coefficient (Wildman–Crippen LogP) is 3.14. The van der Waals surface area contributed by atoms with Crippen LogP contribution in [0.3, 0.4) is 0 Å². The van der Waals surface area contributed by atoms with Crippen LogP contribution in [0, 0.1) is 17.0 Å². The molecular formula is C17H14N4O4. The Morgan fingerprint density at radius 3 is 2.36 bits per heavy atom. The molecule has 0 spiro atoms. The third kappa shape index (κ3) is 3.37. The van der Waals surface area contributed by atoms with Gasteiger partial charge in [0.25, 0.3) is 5.69 Å². The van der Waals surface area contributed by atoms with E-state index in [0.717, 1.165) is 11.1 Å². The van der Waals surface area contributed by atoms with Crippen molar-refractivity contribution >= 4 is 11.7 Å². The predicted molar refractivity (Wildman–Crippen MR) is 90.0 cm³/mol.